The minimum atomic E-state index is -1.19. The number of carbonyl (C=O) groups excluding carboxylic acids is 2. The lowest BCUT2D eigenvalue weighted by atomic mass is 10.1. The summed E-state index contributed by atoms with van der Waals surface area (Å²) in [6.07, 6.45) is 0. The molecule has 0 unspecified atom stereocenters. The van der Waals surface area contributed by atoms with E-state index in [4.69, 9.17) is 9.63 Å². The predicted octanol–water partition coefficient (Wildman–Crippen LogP) is 3.50. The Bertz CT molecular complexity index is 1180. The Labute approximate surface area is 186 Å². The number of halogens is 2. The van der Waals surface area contributed by atoms with Gasteiger partial charge in [0, 0.05) is 17.3 Å². The number of benzene rings is 2. The van der Waals surface area contributed by atoms with Gasteiger partial charge in [-0.1, -0.05) is 19.0 Å². The Morgan fingerprint density at radius 3 is 2.33 bits per heavy atom. The van der Waals surface area contributed by atoms with Gasteiger partial charge in [-0.15, -0.1) is 0 Å². The van der Waals surface area contributed by atoms with Gasteiger partial charge in [-0.2, -0.15) is 4.98 Å². The summed E-state index contributed by atoms with van der Waals surface area (Å²) >= 11 is 0. The van der Waals surface area contributed by atoms with E-state index in [2.05, 4.69) is 26.1 Å². The van der Waals surface area contributed by atoms with E-state index in [1.54, 1.807) is 13.8 Å². The molecule has 12 heteroatoms. The molecule has 3 aromatic rings. The highest BCUT2D eigenvalue weighted by Gasteiger charge is 2.26. The Kier molecular flexibility index (Phi) is 6.96. The van der Waals surface area contributed by atoms with Crippen LogP contribution in [-0.4, -0.2) is 39.2 Å². The van der Waals surface area contributed by atoms with Gasteiger partial charge < -0.3 is 25.6 Å². The summed E-state index contributed by atoms with van der Waals surface area (Å²) < 4.78 is 31.5. The lowest BCUT2D eigenvalue weighted by Crippen LogP contribution is -2.44. The molecule has 4 N–H and O–H groups in total. The van der Waals surface area contributed by atoms with Crippen LogP contribution >= 0.6 is 0 Å². The van der Waals surface area contributed by atoms with Crippen molar-refractivity contribution in [1.82, 2.24) is 15.5 Å². The van der Waals surface area contributed by atoms with Crippen molar-refractivity contribution in [2.24, 2.45) is 5.92 Å². The van der Waals surface area contributed by atoms with Crippen molar-refractivity contribution < 1.29 is 32.8 Å². The lowest BCUT2D eigenvalue weighted by molar-refractivity contribution is -0.140. The molecule has 0 spiro atoms. The summed E-state index contributed by atoms with van der Waals surface area (Å²) in [4.78, 5) is 39.4. The van der Waals surface area contributed by atoms with Gasteiger partial charge in [-0.25, -0.2) is 18.4 Å². The van der Waals surface area contributed by atoms with E-state index >= 15 is 0 Å². The summed E-state index contributed by atoms with van der Waals surface area (Å²) in [6.45, 7) is 3.29. The molecule has 33 heavy (non-hydrogen) atoms. The molecule has 10 nitrogen and oxygen atoms in total. The van der Waals surface area contributed by atoms with E-state index in [1.165, 1.54) is 24.3 Å². The van der Waals surface area contributed by atoms with Crippen LogP contribution in [0.25, 0.3) is 11.4 Å². The Balaban J connectivity index is 1.63. The molecule has 1 aromatic heterocycles. The molecule has 172 valence electrons. The van der Waals surface area contributed by atoms with Crippen molar-refractivity contribution in [3.63, 3.8) is 0 Å². The zero-order valence-electron chi connectivity index (χ0n) is 17.4. The average Bonchev–Trinajstić information content (AvgIpc) is 3.24. The molecule has 3 rings (SSSR count). The number of nitrogens with one attached hydrogen (secondary N) is 3. The van der Waals surface area contributed by atoms with Crippen LogP contribution in [0.4, 0.5) is 25.0 Å². The SMILES string of the molecule is CC(C)[C@H](NC(=O)c1nc(-c2ccc(NC(=O)Nc3ccc(F)cc3F)cc2)no1)C(=O)O. The molecule has 0 fully saturated rings. The number of aromatic nitrogens is 2. The van der Waals surface area contributed by atoms with E-state index in [0.717, 1.165) is 12.1 Å². The molecule has 0 saturated carbocycles. The molecular weight excluding hydrogens is 440 g/mol. The number of amides is 3. The fourth-order valence-corrected chi connectivity index (χ4v) is 2.73. The first kappa shape index (κ1) is 23.3. The number of carbonyl (C=O) groups is 3. The van der Waals surface area contributed by atoms with Gasteiger partial charge in [0.05, 0.1) is 5.69 Å². The number of rotatable bonds is 7. The number of carboxylic acid groups (broad SMARTS) is 1. The molecule has 1 atom stereocenters. The zero-order valence-corrected chi connectivity index (χ0v) is 17.4. The number of hydrogen-bond donors (Lipinski definition) is 4. The fraction of sp³-hybridized carbons (Fsp3) is 0.190. The number of hydrogen-bond acceptors (Lipinski definition) is 6. The Morgan fingerprint density at radius 1 is 1.03 bits per heavy atom. The van der Waals surface area contributed by atoms with Crippen LogP contribution in [0.5, 0.6) is 0 Å². The summed E-state index contributed by atoms with van der Waals surface area (Å²) in [5.74, 6) is -4.38. The van der Waals surface area contributed by atoms with Gasteiger partial charge in [0.2, 0.25) is 5.82 Å². The zero-order chi connectivity index (χ0) is 24.1. The van der Waals surface area contributed by atoms with Gasteiger partial charge in [0.1, 0.15) is 17.7 Å². The third kappa shape index (κ3) is 5.87. The number of nitrogens with zero attached hydrogens (tertiary/aromatic N) is 2. The van der Waals surface area contributed by atoms with E-state index in [1.807, 2.05) is 0 Å². The molecule has 2 aromatic carbocycles. The Hall–Kier alpha value is -4.35. The second kappa shape index (κ2) is 9.85. The minimum absolute atomic E-state index is 0.0703. The van der Waals surface area contributed by atoms with Crippen LogP contribution in [0, 0.1) is 17.6 Å². The van der Waals surface area contributed by atoms with Crippen molar-refractivity contribution in [2.45, 2.75) is 19.9 Å². The maximum Gasteiger partial charge on any atom is 0.326 e. The second-order valence-corrected chi connectivity index (χ2v) is 7.24. The van der Waals surface area contributed by atoms with Crippen LogP contribution in [0.2, 0.25) is 0 Å². The van der Waals surface area contributed by atoms with Crippen LogP contribution in [0.15, 0.2) is 47.0 Å². The van der Waals surface area contributed by atoms with Crippen LogP contribution in [-0.2, 0) is 4.79 Å². The highest BCUT2D eigenvalue weighted by Crippen LogP contribution is 2.20. The first-order valence-corrected chi connectivity index (χ1v) is 9.65. The average molecular weight is 459 g/mol. The predicted molar refractivity (Wildman–Crippen MR) is 112 cm³/mol. The molecule has 0 aliphatic rings. The van der Waals surface area contributed by atoms with E-state index < -0.39 is 41.5 Å². The first-order valence-electron chi connectivity index (χ1n) is 9.65. The number of carboxylic acids is 1. The topological polar surface area (TPSA) is 146 Å². The quantitative estimate of drug-likeness (QED) is 0.423. The van der Waals surface area contributed by atoms with Gasteiger partial charge in [-0.3, -0.25) is 4.79 Å². The van der Waals surface area contributed by atoms with Gasteiger partial charge in [0.25, 0.3) is 0 Å². The van der Waals surface area contributed by atoms with Gasteiger partial charge >= 0.3 is 23.8 Å². The normalized spacial score (nSPS) is 11.7. The van der Waals surface area contributed by atoms with Crippen molar-refractivity contribution in [3.8, 4) is 11.4 Å². The van der Waals surface area contributed by atoms with Crippen molar-refractivity contribution in [2.75, 3.05) is 10.6 Å². The molecular formula is C21H19F2N5O5. The standard InChI is InChI=1S/C21H19F2N5O5/c1-10(2)16(20(30)31)26-18(29)19-27-17(28-33-19)11-3-6-13(7-4-11)24-21(32)25-15-8-5-12(22)9-14(15)23/h3-10,16H,1-2H3,(H,26,29)(H,30,31)(H2,24,25,32)/t16-/m0/s1. The first-order chi connectivity index (χ1) is 15.6. The largest absolute Gasteiger partial charge is 0.480 e. The highest BCUT2D eigenvalue weighted by atomic mass is 19.1. The molecule has 1 heterocycles. The maximum absolute atomic E-state index is 13.6. The van der Waals surface area contributed by atoms with E-state index in [9.17, 15) is 23.2 Å². The fourth-order valence-electron chi connectivity index (χ4n) is 2.73. The third-order valence-electron chi connectivity index (χ3n) is 4.42. The van der Waals surface area contributed by atoms with Crippen molar-refractivity contribution in [3.05, 3.63) is 60.0 Å². The highest BCUT2D eigenvalue weighted by molar-refractivity contribution is 6.00. The maximum atomic E-state index is 13.6. The molecule has 0 aliphatic carbocycles. The molecule has 0 radical (unpaired) electrons. The van der Waals surface area contributed by atoms with Crippen LogP contribution in [0.1, 0.15) is 24.5 Å². The number of aliphatic carboxylic acids is 1. The third-order valence-corrected chi connectivity index (χ3v) is 4.42. The van der Waals surface area contributed by atoms with Crippen molar-refractivity contribution in [1.29, 1.82) is 0 Å². The monoisotopic (exact) mass is 459 g/mol. The summed E-state index contributed by atoms with van der Waals surface area (Å²) in [5, 5.41) is 19.9. The summed E-state index contributed by atoms with van der Waals surface area (Å²) in [5.41, 5.74) is 0.610. The summed E-state index contributed by atoms with van der Waals surface area (Å²) in [6, 6.07) is 6.97. The minimum Gasteiger partial charge on any atom is -0.480 e. The van der Waals surface area contributed by atoms with Crippen molar-refractivity contribution >= 4 is 29.3 Å². The second-order valence-electron chi connectivity index (χ2n) is 7.24. The summed E-state index contributed by atoms with van der Waals surface area (Å²) in [7, 11) is 0. The molecule has 0 saturated heterocycles. The number of urea groups is 1. The smallest absolute Gasteiger partial charge is 0.326 e. The van der Waals surface area contributed by atoms with E-state index in [0.29, 0.717) is 17.3 Å². The van der Waals surface area contributed by atoms with Gasteiger partial charge in [0.15, 0.2) is 0 Å². The van der Waals surface area contributed by atoms with Crippen LogP contribution in [0.3, 0.4) is 0 Å². The van der Waals surface area contributed by atoms with E-state index in [-0.39, 0.29) is 17.4 Å². The molecule has 0 aliphatic heterocycles. The Morgan fingerprint density at radius 2 is 1.73 bits per heavy atom. The number of anilines is 2. The van der Waals surface area contributed by atoms with Gasteiger partial charge in [-0.05, 0) is 42.3 Å². The molecule has 3 amide bonds. The lowest BCUT2D eigenvalue weighted by Gasteiger charge is -2.16. The molecule has 0 bridgehead atoms. The van der Waals surface area contributed by atoms with Crippen LogP contribution < -0.4 is 16.0 Å².